The summed E-state index contributed by atoms with van der Waals surface area (Å²) in [6, 6.07) is 0. The molecule has 0 aromatic carbocycles. The maximum absolute atomic E-state index is 12.3. The van der Waals surface area contributed by atoms with Crippen LogP contribution in [0.25, 0.3) is 0 Å². The van der Waals surface area contributed by atoms with Crippen LogP contribution < -0.4 is 0 Å². The van der Waals surface area contributed by atoms with Gasteiger partial charge in [0.2, 0.25) is 0 Å². The molecule has 0 aliphatic carbocycles. The van der Waals surface area contributed by atoms with E-state index < -0.39 is 0 Å². The Morgan fingerprint density at radius 3 is 2.78 bits per heavy atom. The molecule has 0 aromatic heterocycles. The maximum Gasteiger partial charge on any atom is 0.251 e. The second-order valence-corrected chi connectivity index (χ2v) is 5.44. The molecule has 0 bridgehead atoms. The Morgan fingerprint density at radius 1 is 1.17 bits per heavy atom. The third kappa shape index (κ3) is 3.84. The van der Waals surface area contributed by atoms with Crippen LogP contribution in [0.5, 0.6) is 0 Å². The van der Waals surface area contributed by atoms with Gasteiger partial charge in [0.1, 0.15) is 6.10 Å². The number of alkyl halides is 1. The summed E-state index contributed by atoms with van der Waals surface area (Å²) in [5, 5.41) is 0. The van der Waals surface area contributed by atoms with Gasteiger partial charge in [0.25, 0.3) is 5.91 Å². The van der Waals surface area contributed by atoms with Gasteiger partial charge in [-0.15, -0.1) is 11.6 Å². The van der Waals surface area contributed by atoms with E-state index in [4.69, 9.17) is 16.3 Å². The molecule has 0 N–H and O–H groups in total. The van der Waals surface area contributed by atoms with Gasteiger partial charge in [0.05, 0.1) is 0 Å². The number of hydrogen-bond acceptors (Lipinski definition) is 3. The SMILES string of the molecule is O=C(C1CCCCO1)N1CCCN(CCCl)CC1. The number of nitrogens with zero attached hydrogens (tertiary/aromatic N) is 2. The Bertz CT molecular complexity index is 270. The first-order chi connectivity index (χ1) is 8.81. The molecule has 4 nitrogen and oxygen atoms in total. The van der Waals surface area contributed by atoms with E-state index in [-0.39, 0.29) is 12.0 Å². The predicted molar refractivity (Wildman–Crippen MR) is 71.9 cm³/mol. The molecule has 1 atom stereocenters. The number of rotatable bonds is 3. The average molecular weight is 275 g/mol. The molecule has 2 aliphatic heterocycles. The molecule has 18 heavy (non-hydrogen) atoms. The van der Waals surface area contributed by atoms with Gasteiger partial charge in [-0.05, 0) is 32.2 Å². The van der Waals surface area contributed by atoms with Crippen molar-refractivity contribution >= 4 is 17.5 Å². The van der Waals surface area contributed by atoms with Crippen LogP contribution in [0.2, 0.25) is 0 Å². The fourth-order valence-corrected chi connectivity index (χ4v) is 2.91. The number of hydrogen-bond donors (Lipinski definition) is 0. The summed E-state index contributed by atoms with van der Waals surface area (Å²) in [5.41, 5.74) is 0. The molecule has 2 saturated heterocycles. The van der Waals surface area contributed by atoms with Crippen LogP contribution in [-0.2, 0) is 9.53 Å². The van der Waals surface area contributed by atoms with Crippen molar-refractivity contribution in [2.75, 3.05) is 45.2 Å². The molecule has 5 heteroatoms. The van der Waals surface area contributed by atoms with E-state index in [9.17, 15) is 4.79 Å². The normalized spacial score (nSPS) is 26.9. The van der Waals surface area contributed by atoms with E-state index in [1.807, 2.05) is 4.90 Å². The van der Waals surface area contributed by atoms with E-state index in [1.54, 1.807) is 0 Å². The zero-order valence-corrected chi connectivity index (χ0v) is 11.7. The summed E-state index contributed by atoms with van der Waals surface area (Å²) in [5.74, 6) is 0.863. The smallest absolute Gasteiger partial charge is 0.251 e. The Balaban J connectivity index is 1.82. The lowest BCUT2D eigenvalue weighted by molar-refractivity contribution is -0.146. The summed E-state index contributed by atoms with van der Waals surface area (Å²) in [6.45, 7) is 5.31. The van der Waals surface area contributed by atoms with E-state index >= 15 is 0 Å². The van der Waals surface area contributed by atoms with Gasteiger partial charge in [-0.25, -0.2) is 0 Å². The fourth-order valence-electron chi connectivity index (χ4n) is 2.67. The van der Waals surface area contributed by atoms with E-state index in [0.717, 1.165) is 65.0 Å². The standard InChI is InChI=1S/C13H23ClN2O2/c14-5-8-15-6-3-7-16(10-9-15)13(17)12-4-1-2-11-18-12/h12H,1-11H2. The predicted octanol–water partition coefficient (Wildman–Crippen LogP) is 1.33. The maximum atomic E-state index is 12.3. The van der Waals surface area contributed by atoms with E-state index in [1.165, 1.54) is 0 Å². The number of halogens is 1. The third-order valence-corrected chi connectivity index (χ3v) is 3.93. The summed E-state index contributed by atoms with van der Waals surface area (Å²) in [6.07, 6.45) is 3.95. The molecule has 0 radical (unpaired) electrons. The van der Waals surface area contributed by atoms with Crippen molar-refractivity contribution < 1.29 is 9.53 Å². The monoisotopic (exact) mass is 274 g/mol. The molecule has 2 heterocycles. The lowest BCUT2D eigenvalue weighted by Crippen LogP contribution is -2.43. The first-order valence-electron chi connectivity index (χ1n) is 7.00. The first kappa shape index (κ1) is 14.1. The minimum absolute atomic E-state index is 0.182. The van der Waals surface area contributed by atoms with Crippen molar-refractivity contribution in [1.82, 2.24) is 9.80 Å². The van der Waals surface area contributed by atoms with Gasteiger partial charge >= 0.3 is 0 Å². The summed E-state index contributed by atoms with van der Waals surface area (Å²) in [7, 11) is 0. The van der Waals surface area contributed by atoms with Crippen molar-refractivity contribution in [2.45, 2.75) is 31.8 Å². The van der Waals surface area contributed by atoms with Gasteiger partial charge < -0.3 is 14.5 Å². The molecule has 104 valence electrons. The molecule has 2 fully saturated rings. The third-order valence-electron chi connectivity index (χ3n) is 3.76. The first-order valence-corrected chi connectivity index (χ1v) is 7.53. The molecular formula is C13H23ClN2O2. The van der Waals surface area contributed by atoms with Gasteiger partial charge in [0.15, 0.2) is 0 Å². The Kier molecular flexibility index (Phi) is 5.73. The van der Waals surface area contributed by atoms with Gasteiger partial charge in [-0.1, -0.05) is 0 Å². The van der Waals surface area contributed by atoms with Gasteiger partial charge in [0, 0.05) is 38.7 Å². The minimum Gasteiger partial charge on any atom is -0.368 e. The molecule has 0 aromatic rings. The molecule has 1 amide bonds. The fraction of sp³-hybridized carbons (Fsp3) is 0.923. The quantitative estimate of drug-likeness (QED) is 0.728. The highest BCUT2D eigenvalue weighted by molar-refractivity contribution is 6.18. The lowest BCUT2D eigenvalue weighted by atomic mass is 10.1. The topological polar surface area (TPSA) is 32.8 Å². The second-order valence-electron chi connectivity index (χ2n) is 5.06. The molecular weight excluding hydrogens is 252 g/mol. The number of carbonyl (C=O) groups is 1. The van der Waals surface area contributed by atoms with Crippen LogP contribution in [-0.4, -0.2) is 67.0 Å². The van der Waals surface area contributed by atoms with Crippen molar-refractivity contribution in [2.24, 2.45) is 0 Å². The minimum atomic E-state index is -0.182. The number of ether oxygens (including phenoxy) is 1. The highest BCUT2D eigenvalue weighted by Crippen LogP contribution is 2.16. The summed E-state index contributed by atoms with van der Waals surface area (Å²) < 4.78 is 5.58. The molecule has 2 rings (SSSR count). The van der Waals surface area contributed by atoms with Crippen LogP contribution >= 0.6 is 11.6 Å². The highest BCUT2D eigenvalue weighted by Gasteiger charge is 2.27. The van der Waals surface area contributed by atoms with E-state index in [2.05, 4.69) is 4.90 Å². The summed E-state index contributed by atoms with van der Waals surface area (Å²) in [4.78, 5) is 16.6. The Morgan fingerprint density at radius 2 is 2.06 bits per heavy atom. The van der Waals surface area contributed by atoms with Crippen molar-refractivity contribution in [1.29, 1.82) is 0 Å². The Labute approximate surface area is 114 Å². The highest BCUT2D eigenvalue weighted by atomic mass is 35.5. The number of carbonyl (C=O) groups excluding carboxylic acids is 1. The molecule has 2 aliphatic rings. The van der Waals surface area contributed by atoms with Crippen LogP contribution in [0.1, 0.15) is 25.7 Å². The average Bonchev–Trinajstić information content (AvgIpc) is 2.65. The van der Waals surface area contributed by atoms with Crippen LogP contribution in [0, 0.1) is 0 Å². The number of amides is 1. The molecule has 1 unspecified atom stereocenters. The molecule has 0 spiro atoms. The largest absolute Gasteiger partial charge is 0.368 e. The van der Waals surface area contributed by atoms with E-state index in [0.29, 0.717) is 5.88 Å². The Hall–Kier alpha value is -0.320. The van der Waals surface area contributed by atoms with Crippen LogP contribution in [0.4, 0.5) is 0 Å². The molecule has 0 saturated carbocycles. The van der Waals surface area contributed by atoms with Gasteiger partial charge in [-0.2, -0.15) is 0 Å². The zero-order valence-electron chi connectivity index (χ0n) is 10.9. The van der Waals surface area contributed by atoms with Crippen LogP contribution in [0.15, 0.2) is 0 Å². The summed E-state index contributed by atoms with van der Waals surface area (Å²) >= 11 is 5.77. The van der Waals surface area contributed by atoms with Crippen LogP contribution in [0.3, 0.4) is 0 Å². The van der Waals surface area contributed by atoms with Crippen molar-refractivity contribution in [3.8, 4) is 0 Å². The lowest BCUT2D eigenvalue weighted by Gasteiger charge is -2.28. The van der Waals surface area contributed by atoms with Crippen molar-refractivity contribution in [3.05, 3.63) is 0 Å². The van der Waals surface area contributed by atoms with Gasteiger partial charge in [-0.3, -0.25) is 4.79 Å². The zero-order chi connectivity index (χ0) is 12.8. The van der Waals surface area contributed by atoms with Crippen molar-refractivity contribution in [3.63, 3.8) is 0 Å². The second kappa shape index (κ2) is 7.31.